The van der Waals surface area contributed by atoms with Crippen molar-refractivity contribution in [2.75, 3.05) is 22.5 Å². The van der Waals surface area contributed by atoms with Crippen LogP contribution < -0.4 is 9.26 Å². The van der Waals surface area contributed by atoms with E-state index in [0.29, 0.717) is 5.92 Å². The van der Waals surface area contributed by atoms with Gasteiger partial charge in [0.05, 0.1) is 0 Å². The van der Waals surface area contributed by atoms with E-state index in [1.165, 1.54) is 4.43 Å². The minimum atomic E-state index is -0.841. The number of nitrogens with two attached hydrogens (primary N) is 1. The molecule has 0 spiro atoms. The fraction of sp³-hybridized carbons (Fsp3) is 0.857. The fourth-order valence-electron chi connectivity index (χ4n) is 1.70. The number of ether oxygens (including phenoxy) is 1. The average molecular weight is 370 g/mol. The van der Waals surface area contributed by atoms with Gasteiger partial charge in [0.15, 0.2) is 0 Å². The molecule has 3 nitrogen and oxygen atoms in total. The zero-order valence-corrected chi connectivity index (χ0v) is 14.8. The summed E-state index contributed by atoms with van der Waals surface area (Å²) in [6.45, 7) is 10.3. The van der Waals surface area contributed by atoms with Crippen molar-refractivity contribution < 1.29 is 4.74 Å². The van der Waals surface area contributed by atoms with Crippen molar-refractivity contribution in [1.29, 1.82) is 0 Å². The van der Waals surface area contributed by atoms with Crippen LogP contribution in [0.2, 0.25) is 0 Å². The topological polar surface area (TPSA) is 47.3 Å². The van der Waals surface area contributed by atoms with Gasteiger partial charge in [0.1, 0.15) is 0 Å². The quantitative estimate of drug-likeness (QED) is 0.268. The van der Waals surface area contributed by atoms with Crippen LogP contribution >= 0.6 is 20.1 Å². The molecule has 3 N–H and O–H groups in total. The molecule has 0 saturated carbocycles. The van der Waals surface area contributed by atoms with Crippen molar-refractivity contribution in [1.82, 2.24) is 3.53 Å². The van der Waals surface area contributed by atoms with Gasteiger partial charge in [-0.1, -0.05) is 0 Å². The number of hydrogen-bond donors (Lipinski definition) is 2. The van der Waals surface area contributed by atoms with Crippen molar-refractivity contribution in [2.24, 2.45) is 11.7 Å². The number of nitrogens with one attached hydrogen (secondary N) is 1. The standard InChI is InChI=1S/C14H31IN2O/c1-6-13(12(4)16)11-14(18-8-3)9-10-17-15(5)7-2/h11-13,17H,6-10,16H2,1-5H3/b14-11+/t12-,13+/m0/s1. The molecule has 0 aromatic heterocycles. The SMILES string of the molecule is CCO/C(=C/[C@@H](CC)[C@H](C)N)CCNI(C)CC. The summed E-state index contributed by atoms with van der Waals surface area (Å²) in [6.07, 6.45) is 4.29. The Bertz CT molecular complexity index is 232. The zero-order chi connectivity index (χ0) is 14.0. The van der Waals surface area contributed by atoms with Gasteiger partial charge in [0, 0.05) is 0 Å². The van der Waals surface area contributed by atoms with Gasteiger partial charge in [0.25, 0.3) is 0 Å². The summed E-state index contributed by atoms with van der Waals surface area (Å²) in [7, 11) is 0. The Balaban J connectivity index is 4.31. The van der Waals surface area contributed by atoms with Gasteiger partial charge in [-0.3, -0.25) is 0 Å². The van der Waals surface area contributed by atoms with E-state index in [9.17, 15) is 0 Å². The number of halogens is 1. The fourth-order valence-corrected chi connectivity index (χ4v) is 3.43. The Labute approximate surface area is 121 Å². The van der Waals surface area contributed by atoms with Crippen molar-refractivity contribution in [3.05, 3.63) is 11.8 Å². The molecular weight excluding hydrogens is 339 g/mol. The van der Waals surface area contributed by atoms with E-state index in [4.69, 9.17) is 10.5 Å². The van der Waals surface area contributed by atoms with Crippen LogP contribution in [0.1, 0.15) is 40.5 Å². The molecule has 0 aromatic carbocycles. The average Bonchev–Trinajstić information content (AvgIpc) is 2.34. The molecule has 110 valence electrons. The molecule has 0 radical (unpaired) electrons. The number of rotatable bonds is 10. The first-order chi connectivity index (χ1) is 8.54. The Morgan fingerprint density at radius 2 is 2.06 bits per heavy atom. The second kappa shape index (κ2) is 11.1. The summed E-state index contributed by atoms with van der Waals surface area (Å²) in [4.78, 5) is 2.37. The Morgan fingerprint density at radius 1 is 1.39 bits per heavy atom. The van der Waals surface area contributed by atoms with Crippen molar-refractivity contribution in [3.63, 3.8) is 0 Å². The molecule has 0 aliphatic rings. The summed E-state index contributed by atoms with van der Waals surface area (Å²) in [6, 6.07) is 0.198. The third-order valence-corrected chi connectivity index (χ3v) is 7.10. The van der Waals surface area contributed by atoms with E-state index in [1.807, 2.05) is 6.92 Å². The molecule has 0 rings (SSSR count). The van der Waals surface area contributed by atoms with Crippen molar-refractivity contribution in [2.45, 2.75) is 46.6 Å². The van der Waals surface area contributed by atoms with Crippen LogP contribution in [0.5, 0.6) is 0 Å². The van der Waals surface area contributed by atoms with Crippen LogP contribution in [0, 0.1) is 5.92 Å². The third-order valence-electron chi connectivity index (χ3n) is 2.97. The van der Waals surface area contributed by atoms with Gasteiger partial charge >= 0.3 is 121 Å². The van der Waals surface area contributed by atoms with Gasteiger partial charge in [-0.05, 0) is 0 Å². The van der Waals surface area contributed by atoms with Crippen LogP contribution in [0.4, 0.5) is 0 Å². The Morgan fingerprint density at radius 3 is 2.50 bits per heavy atom. The maximum atomic E-state index is 5.98. The molecule has 2 atom stereocenters. The molecule has 0 amide bonds. The number of alkyl halides is 2. The third kappa shape index (κ3) is 8.32. The van der Waals surface area contributed by atoms with Gasteiger partial charge in [-0.25, -0.2) is 0 Å². The number of hydrogen-bond acceptors (Lipinski definition) is 3. The first-order valence-electron chi connectivity index (χ1n) is 6.93. The monoisotopic (exact) mass is 370 g/mol. The molecule has 0 fully saturated rings. The van der Waals surface area contributed by atoms with Crippen LogP contribution in [0.3, 0.4) is 0 Å². The summed E-state index contributed by atoms with van der Waals surface area (Å²) in [5.41, 5.74) is 5.98. The van der Waals surface area contributed by atoms with Crippen LogP contribution in [-0.2, 0) is 4.74 Å². The van der Waals surface area contributed by atoms with Gasteiger partial charge in [0.2, 0.25) is 0 Å². The van der Waals surface area contributed by atoms with Crippen molar-refractivity contribution in [3.8, 4) is 0 Å². The molecule has 18 heavy (non-hydrogen) atoms. The molecule has 0 aliphatic carbocycles. The molecule has 0 aromatic rings. The summed E-state index contributed by atoms with van der Waals surface area (Å²) in [5.74, 6) is 1.53. The van der Waals surface area contributed by atoms with Crippen LogP contribution in [0.15, 0.2) is 11.8 Å². The van der Waals surface area contributed by atoms with E-state index in [-0.39, 0.29) is 6.04 Å². The maximum absolute atomic E-state index is 5.98. The van der Waals surface area contributed by atoms with Crippen molar-refractivity contribution >= 4 is 20.1 Å². The second-order valence-corrected chi connectivity index (χ2v) is 10.1. The van der Waals surface area contributed by atoms with Gasteiger partial charge < -0.3 is 0 Å². The normalized spacial score (nSPS) is 16.3. The summed E-state index contributed by atoms with van der Waals surface area (Å²) >= 11 is -0.841. The van der Waals surface area contributed by atoms with E-state index in [2.05, 4.69) is 35.3 Å². The Hall–Kier alpha value is 0.190. The van der Waals surface area contributed by atoms with Gasteiger partial charge in [-0.2, -0.15) is 0 Å². The second-order valence-electron chi connectivity index (χ2n) is 4.49. The van der Waals surface area contributed by atoms with Gasteiger partial charge in [-0.15, -0.1) is 0 Å². The Kier molecular flexibility index (Phi) is 11.2. The predicted molar refractivity (Wildman–Crippen MR) is 90.2 cm³/mol. The first kappa shape index (κ1) is 18.2. The molecule has 0 aliphatic heterocycles. The van der Waals surface area contributed by atoms with Crippen LogP contribution in [0.25, 0.3) is 0 Å². The van der Waals surface area contributed by atoms with E-state index in [1.54, 1.807) is 0 Å². The molecule has 0 unspecified atom stereocenters. The van der Waals surface area contributed by atoms with E-state index in [0.717, 1.165) is 31.8 Å². The molecule has 0 saturated heterocycles. The molecule has 0 bridgehead atoms. The summed E-state index contributed by atoms with van der Waals surface area (Å²) < 4.78 is 10.7. The molecular formula is C14H31IN2O. The zero-order valence-electron chi connectivity index (χ0n) is 12.6. The molecule has 4 heteroatoms. The van der Waals surface area contributed by atoms with E-state index >= 15 is 0 Å². The predicted octanol–water partition coefficient (Wildman–Crippen LogP) is 3.33. The molecule has 0 heterocycles. The minimum absolute atomic E-state index is 0.198. The van der Waals surface area contributed by atoms with E-state index < -0.39 is 20.1 Å². The first-order valence-corrected chi connectivity index (χ1v) is 11.7. The summed E-state index contributed by atoms with van der Waals surface area (Å²) in [5, 5.41) is 0. The van der Waals surface area contributed by atoms with Crippen LogP contribution in [-0.4, -0.2) is 28.6 Å².